The summed E-state index contributed by atoms with van der Waals surface area (Å²) in [6.45, 7) is 0. The van der Waals surface area contributed by atoms with E-state index in [9.17, 15) is 0 Å². The monoisotopic (exact) mass is 266 g/mol. The van der Waals surface area contributed by atoms with Gasteiger partial charge in [0, 0.05) is 22.4 Å². The molecule has 2 aromatic rings. The average molecular weight is 267 g/mol. The molecule has 0 bridgehead atoms. The minimum absolute atomic E-state index is 0.152. The number of fused-ring (bicyclic) bond motifs is 1. The average Bonchev–Trinajstić information content (AvgIpc) is 2.82. The van der Waals surface area contributed by atoms with Crippen molar-refractivity contribution in [2.45, 2.75) is 12.5 Å². The van der Waals surface area contributed by atoms with Gasteiger partial charge < -0.3 is 9.15 Å². The Balaban J connectivity index is 1.90. The lowest BCUT2D eigenvalue weighted by atomic mass is 10.1. The molecule has 0 aliphatic carbocycles. The second-order valence-electron chi connectivity index (χ2n) is 3.31. The number of aromatic nitrogens is 2. The van der Waals surface area contributed by atoms with Gasteiger partial charge in [-0.25, -0.2) is 0 Å². The Kier molecular flexibility index (Phi) is 1.98. The zero-order valence-corrected chi connectivity index (χ0v) is 9.27. The molecule has 4 nitrogen and oxygen atoms in total. The minimum Gasteiger partial charge on any atom is -0.480 e. The fourth-order valence-corrected chi connectivity index (χ4v) is 1.91. The summed E-state index contributed by atoms with van der Waals surface area (Å²) in [4.78, 5) is 0.386. The van der Waals surface area contributed by atoms with Gasteiger partial charge in [0.1, 0.15) is 5.75 Å². The molecule has 0 saturated heterocycles. The first-order valence-corrected chi connectivity index (χ1v) is 5.36. The van der Waals surface area contributed by atoms with Crippen LogP contribution in [0.3, 0.4) is 0 Å². The lowest BCUT2D eigenvalue weighted by molar-refractivity contribution is 0.196. The molecule has 0 N–H and O–H groups in total. The van der Waals surface area contributed by atoms with Gasteiger partial charge in [0.2, 0.25) is 0 Å². The van der Waals surface area contributed by atoms with Crippen molar-refractivity contribution in [2.75, 3.05) is 0 Å². The van der Waals surface area contributed by atoms with Crippen molar-refractivity contribution in [2.24, 2.45) is 0 Å². The molecule has 15 heavy (non-hydrogen) atoms. The third-order valence-corrected chi connectivity index (χ3v) is 2.66. The fourth-order valence-electron chi connectivity index (χ4n) is 1.67. The van der Waals surface area contributed by atoms with E-state index < -0.39 is 0 Å². The number of hydrogen-bond donors (Lipinski definition) is 0. The number of ether oxygens (including phenoxy) is 1. The number of nitrogens with zero attached hydrogens (tertiary/aromatic N) is 2. The smallest absolute Gasteiger partial charge is 0.284 e. The van der Waals surface area contributed by atoms with Crippen molar-refractivity contribution in [3.8, 4) is 5.75 Å². The van der Waals surface area contributed by atoms with E-state index in [-0.39, 0.29) is 6.10 Å². The maximum absolute atomic E-state index is 5.69. The van der Waals surface area contributed by atoms with Crippen LogP contribution in [0.1, 0.15) is 17.6 Å². The Hall–Kier alpha value is -1.36. The maximum Gasteiger partial charge on any atom is 0.284 e. The van der Waals surface area contributed by atoms with Gasteiger partial charge in [-0.1, -0.05) is 18.2 Å². The molecule has 0 radical (unpaired) electrons. The van der Waals surface area contributed by atoms with E-state index >= 15 is 0 Å². The lowest BCUT2D eigenvalue weighted by Gasteiger charge is -2.03. The molecular formula is C10H7BrN2O2. The van der Waals surface area contributed by atoms with Gasteiger partial charge in [-0.3, -0.25) is 0 Å². The van der Waals surface area contributed by atoms with E-state index in [1.54, 1.807) is 0 Å². The van der Waals surface area contributed by atoms with Crippen molar-refractivity contribution in [1.82, 2.24) is 10.2 Å². The first-order chi connectivity index (χ1) is 7.33. The van der Waals surface area contributed by atoms with Crippen molar-refractivity contribution in [1.29, 1.82) is 0 Å². The molecule has 5 heteroatoms. The predicted octanol–water partition coefficient (Wildman–Crippen LogP) is 2.51. The summed E-state index contributed by atoms with van der Waals surface area (Å²) in [5.74, 6) is 1.41. The first-order valence-electron chi connectivity index (χ1n) is 4.56. The summed E-state index contributed by atoms with van der Waals surface area (Å²) in [6.07, 6.45) is 0.631. The Morgan fingerprint density at radius 1 is 1.27 bits per heavy atom. The van der Waals surface area contributed by atoms with Gasteiger partial charge in [0.15, 0.2) is 6.10 Å². The van der Waals surface area contributed by atoms with E-state index in [1.807, 2.05) is 24.3 Å². The summed E-state index contributed by atoms with van der Waals surface area (Å²) in [6, 6.07) is 7.93. The van der Waals surface area contributed by atoms with Crippen molar-refractivity contribution < 1.29 is 9.15 Å². The number of para-hydroxylation sites is 1. The van der Waals surface area contributed by atoms with E-state index in [4.69, 9.17) is 9.15 Å². The minimum atomic E-state index is -0.152. The van der Waals surface area contributed by atoms with E-state index in [0.717, 1.165) is 12.2 Å². The van der Waals surface area contributed by atoms with Gasteiger partial charge in [-0.15, -0.1) is 10.2 Å². The Labute approximate surface area is 94.4 Å². The zero-order chi connectivity index (χ0) is 10.3. The zero-order valence-electron chi connectivity index (χ0n) is 7.68. The molecule has 0 saturated carbocycles. The molecule has 0 spiro atoms. The highest BCUT2D eigenvalue weighted by molar-refractivity contribution is 9.10. The normalized spacial score (nSPS) is 18.6. The molecule has 1 aliphatic heterocycles. The summed E-state index contributed by atoms with van der Waals surface area (Å²) in [7, 11) is 0. The molecule has 1 aromatic heterocycles. The van der Waals surface area contributed by atoms with Crippen LogP contribution in [-0.4, -0.2) is 10.2 Å². The number of benzene rings is 1. The highest BCUT2D eigenvalue weighted by Gasteiger charge is 2.28. The van der Waals surface area contributed by atoms with E-state index in [0.29, 0.717) is 10.7 Å². The van der Waals surface area contributed by atoms with Gasteiger partial charge in [0.05, 0.1) is 0 Å². The van der Waals surface area contributed by atoms with Gasteiger partial charge in [-0.05, 0) is 11.6 Å². The fraction of sp³-hybridized carbons (Fsp3) is 0.200. The van der Waals surface area contributed by atoms with Crippen molar-refractivity contribution >= 4 is 15.9 Å². The first kappa shape index (κ1) is 8.91. The number of rotatable bonds is 1. The quantitative estimate of drug-likeness (QED) is 0.796. The van der Waals surface area contributed by atoms with Crippen LogP contribution in [0.15, 0.2) is 33.5 Å². The second kappa shape index (κ2) is 3.34. The molecule has 1 aliphatic rings. The maximum atomic E-state index is 5.69. The predicted molar refractivity (Wildman–Crippen MR) is 55.5 cm³/mol. The van der Waals surface area contributed by atoms with E-state index in [2.05, 4.69) is 26.1 Å². The topological polar surface area (TPSA) is 48.2 Å². The highest BCUT2D eigenvalue weighted by atomic mass is 79.9. The van der Waals surface area contributed by atoms with Crippen LogP contribution in [-0.2, 0) is 6.42 Å². The molecule has 0 amide bonds. The molecule has 1 atom stereocenters. The van der Waals surface area contributed by atoms with Crippen LogP contribution in [0.25, 0.3) is 0 Å². The lowest BCUT2D eigenvalue weighted by Crippen LogP contribution is -2.03. The molecule has 0 fully saturated rings. The summed E-state index contributed by atoms with van der Waals surface area (Å²) in [5.41, 5.74) is 1.18. The third-order valence-electron chi connectivity index (χ3n) is 2.34. The van der Waals surface area contributed by atoms with Crippen LogP contribution in [0.5, 0.6) is 5.75 Å². The van der Waals surface area contributed by atoms with Crippen molar-refractivity contribution in [3.63, 3.8) is 0 Å². The Bertz CT molecular complexity index is 473. The molecular weight excluding hydrogens is 260 g/mol. The van der Waals surface area contributed by atoms with Crippen molar-refractivity contribution in [3.05, 3.63) is 40.5 Å². The largest absolute Gasteiger partial charge is 0.480 e. The molecule has 1 aromatic carbocycles. The summed E-state index contributed by atoms with van der Waals surface area (Å²) >= 11 is 3.12. The second-order valence-corrected chi connectivity index (χ2v) is 3.99. The van der Waals surface area contributed by atoms with Gasteiger partial charge >= 0.3 is 0 Å². The number of halogens is 1. The molecule has 76 valence electrons. The Morgan fingerprint density at radius 2 is 2.13 bits per heavy atom. The van der Waals surface area contributed by atoms with Crippen LogP contribution in [0, 0.1) is 0 Å². The van der Waals surface area contributed by atoms with Crippen LogP contribution in [0.2, 0.25) is 0 Å². The standard InChI is InChI=1S/C10H7BrN2O2/c11-10-13-12-9(15-10)8-5-6-3-1-2-4-7(6)14-8/h1-4,8H,5H2. The van der Waals surface area contributed by atoms with Gasteiger partial charge in [-0.2, -0.15) is 0 Å². The Morgan fingerprint density at radius 3 is 2.87 bits per heavy atom. The molecule has 3 rings (SSSR count). The SMILES string of the molecule is Brc1nnc(C2Cc3ccccc3O2)o1. The third kappa shape index (κ3) is 1.52. The van der Waals surface area contributed by atoms with Crippen LogP contribution in [0.4, 0.5) is 0 Å². The van der Waals surface area contributed by atoms with Crippen LogP contribution >= 0.6 is 15.9 Å². The van der Waals surface area contributed by atoms with Gasteiger partial charge in [0.25, 0.3) is 10.7 Å². The van der Waals surface area contributed by atoms with Crippen LogP contribution < -0.4 is 4.74 Å². The van der Waals surface area contributed by atoms with E-state index in [1.165, 1.54) is 5.56 Å². The summed E-state index contributed by atoms with van der Waals surface area (Å²) < 4.78 is 11.0. The number of hydrogen-bond acceptors (Lipinski definition) is 4. The summed E-state index contributed by atoms with van der Waals surface area (Å²) in [5, 5.41) is 7.64. The molecule has 2 heterocycles. The molecule has 1 unspecified atom stereocenters. The highest BCUT2D eigenvalue weighted by Crippen LogP contribution is 2.35.